The van der Waals surface area contributed by atoms with Gasteiger partial charge in [-0.3, -0.25) is 0 Å². The Bertz CT molecular complexity index is 98.9. The Morgan fingerprint density at radius 1 is 1.50 bits per heavy atom. The average molecular weight is 142 g/mol. The first-order chi connectivity index (χ1) is 4.63. The van der Waals surface area contributed by atoms with Gasteiger partial charge in [0.05, 0.1) is 6.10 Å². The van der Waals surface area contributed by atoms with E-state index in [1.807, 2.05) is 6.92 Å². The maximum absolute atomic E-state index is 9.51. The monoisotopic (exact) mass is 142 g/mol. The number of aliphatic hydroxyl groups excluding tert-OH is 1. The van der Waals surface area contributed by atoms with Gasteiger partial charge in [0.25, 0.3) is 0 Å². The van der Waals surface area contributed by atoms with Gasteiger partial charge in [0.1, 0.15) is 0 Å². The minimum Gasteiger partial charge on any atom is -0.392 e. The molecule has 0 saturated carbocycles. The molecule has 0 aliphatic rings. The van der Waals surface area contributed by atoms with E-state index in [1.165, 1.54) is 0 Å². The molecular formula is C9H18O. The molecule has 1 heteroatoms. The van der Waals surface area contributed by atoms with Crippen molar-refractivity contribution in [2.24, 2.45) is 11.8 Å². The van der Waals surface area contributed by atoms with Crippen molar-refractivity contribution in [3.63, 3.8) is 0 Å². The van der Waals surface area contributed by atoms with Crippen LogP contribution in [-0.4, -0.2) is 11.2 Å². The fourth-order valence-corrected chi connectivity index (χ4v) is 0.899. The van der Waals surface area contributed by atoms with E-state index < -0.39 is 0 Å². The summed E-state index contributed by atoms with van der Waals surface area (Å²) in [5, 5.41) is 9.51. The molecule has 0 radical (unpaired) electrons. The Kier molecular flexibility index (Phi) is 4.37. The van der Waals surface area contributed by atoms with Gasteiger partial charge in [0.2, 0.25) is 0 Å². The fraction of sp³-hybridized carbons (Fsp3) is 0.778. The zero-order chi connectivity index (χ0) is 8.15. The standard InChI is InChI=1S/C9H18O/c1-5-7(3)9(10)8(4)6-2/h5,7-10H,1,6H2,2-4H3/t7-,8+,9-/m0/s1. The first-order valence-electron chi connectivity index (χ1n) is 3.94. The highest BCUT2D eigenvalue weighted by Gasteiger charge is 2.16. The van der Waals surface area contributed by atoms with Crippen LogP contribution >= 0.6 is 0 Å². The smallest absolute Gasteiger partial charge is 0.0625 e. The second kappa shape index (κ2) is 4.51. The minimum absolute atomic E-state index is 0.218. The molecule has 0 aliphatic heterocycles. The maximum atomic E-state index is 9.51. The number of rotatable bonds is 4. The van der Waals surface area contributed by atoms with Crippen molar-refractivity contribution in [2.75, 3.05) is 0 Å². The topological polar surface area (TPSA) is 20.2 Å². The molecule has 3 atom stereocenters. The summed E-state index contributed by atoms with van der Waals surface area (Å²) >= 11 is 0. The zero-order valence-corrected chi connectivity index (χ0v) is 7.17. The van der Waals surface area contributed by atoms with Crippen LogP contribution in [0, 0.1) is 11.8 Å². The van der Waals surface area contributed by atoms with Gasteiger partial charge in [-0.2, -0.15) is 0 Å². The molecule has 0 fully saturated rings. The number of aliphatic hydroxyl groups is 1. The average Bonchev–Trinajstić information content (AvgIpc) is 2.00. The van der Waals surface area contributed by atoms with Gasteiger partial charge in [0, 0.05) is 0 Å². The highest BCUT2D eigenvalue weighted by Crippen LogP contribution is 2.15. The van der Waals surface area contributed by atoms with Gasteiger partial charge in [-0.05, 0) is 11.8 Å². The Morgan fingerprint density at radius 2 is 2.00 bits per heavy atom. The lowest BCUT2D eigenvalue weighted by Crippen LogP contribution is -2.23. The summed E-state index contributed by atoms with van der Waals surface area (Å²) in [6.07, 6.45) is 2.61. The van der Waals surface area contributed by atoms with Crippen LogP contribution in [0.5, 0.6) is 0 Å². The van der Waals surface area contributed by atoms with Crippen molar-refractivity contribution in [2.45, 2.75) is 33.3 Å². The Labute approximate surface area is 63.8 Å². The van der Waals surface area contributed by atoms with Crippen LogP contribution < -0.4 is 0 Å². The van der Waals surface area contributed by atoms with E-state index in [0.29, 0.717) is 5.92 Å². The van der Waals surface area contributed by atoms with Crippen LogP contribution in [0.25, 0.3) is 0 Å². The molecule has 0 unspecified atom stereocenters. The lowest BCUT2D eigenvalue weighted by atomic mass is 9.92. The van der Waals surface area contributed by atoms with E-state index in [0.717, 1.165) is 6.42 Å². The molecule has 0 heterocycles. The predicted molar refractivity (Wildman–Crippen MR) is 44.8 cm³/mol. The minimum atomic E-state index is -0.220. The number of hydrogen-bond acceptors (Lipinski definition) is 1. The van der Waals surface area contributed by atoms with Crippen molar-refractivity contribution in [1.82, 2.24) is 0 Å². The third-order valence-electron chi connectivity index (χ3n) is 2.14. The van der Waals surface area contributed by atoms with Crippen molar-refractivity contribution in [3.05, 3.63) is 12.7 Å². The van der Waals surface area contributed by atoms with Gasteiger partial charge in [-0.15, -0.1) is 6.58 Å². The molecule has 0 aromatic carbocycles. The molecule has 0 saturated heterocycles. The lowest BCUT2D eigenvalue weighted by Gasteiger charge is -2.20. The molecule has 0 aromatic heterocycles. The van der Waals surface area contributed by atoms with E-state index in [2.05, 4.69) is 20.4 Å². The summed E-state index contributed by atoms with van der Waals surface area (Å²) in [6.45, 7) is 9.78. The van der Waals surface area contributed by atoms with Crippen molar-refractivity contribution < 1.29 is 5.11 Å². The molecule has 60 valence electrons. The molecule has 1 N–H and O–H groups in total. The Hall–Kier alpha value is -0.300. The van der Waals surface area contributed by atoms with Gasteiger partial charge in [0.15, 0.2) is 0 Å². The fourth-order valence-electron chi connectivity index (χ4n) is 0.899. The molecule has 1 nitrogen and oxygen atoms in total. The van der Waals surface area contributed by atoms with Crippen LogP contribution in [0.3, 0.4) is 0 Å². The third kappa shape index (κ3) is 2.53. The molecular weight excluding hydrogens is 124 g/mol. The number of hydrogen-bond donors (Lipinski definition) is 1. The van der Waals surface area contributed by atoms with Crippen molar-refractivity contribution in [3.8, 4) is 0 Å². The Morgan fingerprint density at radius 3 is 2.30 bits per heavy atom. The van der Waals surface area contributed by atoms with Crippen LogP contribution in [0.15, 0.2) is 12.7 Å². The summed E-state index contributed by atoms with van der Waals surface area (Å²) in [5.41, 5.74) is 0. The summed E-state index contributed by atoms with van der Waals surface area (Å²) in [7, 11) is 0. The predicted octanol–water partition coefficient (Wildman–Crippen LogP) is 2.22. The van der Waals surface area contributed by atoms with Gasteiger partial charge in [-0.25, -0.2) is 0 Å². The summed E-state index contributed by atoms with van der Waals surface area (Å²) in [6, 6.07) is 0. The highest BCUT2D eigenvalue weighted by atomic mass is 16.3. The van der Waals surface area contributed by atoms with E-state index in [1.54, 1.807) is 6.08 Å². The van der Waals surface area contributed by atoms with E-state index in [-0.39, 0.29) is 12.0 Å². The zero-order valence-electron chi connectivity index (χ0n) is 7.17. The molecule has 0 aromatic rings. The van der Waals surface area contributed by atoms with Crippen LogP contribution in [-0.2, 0) is 0 Å². The SMILES string of the molecule is C=C[C@H](C)[C@H](O)[C@H](C)CC. The van der Waals surface area contributed by atoms with Gasteiger partial charge >= 0.3 is 0 Å². The normalized spacial score (nSPS) is 19.6. The summed E-state index contributed by atoms with van der Waals surface area (Å²) in [4.78, 5) is 0. The second-order valence-electron chi connectivity index (χ2n) is 2.97. The van der Waals surface area contributed by atoms with Crippen LogP contribution in [0.4, 0.5) is 0 Å². The quantitative estimate of drug-likeness (QED) is 0.597. The first kappa shape index (κ1) is 9.70. The maximum Gasteiger partial charge on any atom is 0.0625 e. The third-order valence-corrected chi connectivity index (χ3v) is 2.14. The van der Waals surface area contributed by atoms with E-state index >= 15 is 0 Å². The van der Waals surface area contributed by atoms with Crippen LogP contribution in [0.1, 0.15) is 27.2 Å². The van der Waals surface area contributed by atoms with E-state index in [4.69, 9.17) is 0 Å². The molecule has 0 spiro atoms. The first-order valence-corrected chi connectivity index (χ1v) is 3.94. The van der Waals surface area contributed by atoms with Crippen molar-refractivity contribution in [1.29, 1.82) is 0 Å². The van der Waals surface area contributed by atoms with E-state index in [9.17, 15) is 5.11 Å². The molecule has 0 bridgehead atoms. The molecule has 0 amide bonds. The second-order valence-corrected chi connectivity index (χ2v) is 2.97. The van der Waals surface area contributed by atoms with Gasteiger partial charge in [-0.1, -0.05) is 33.3 Å². The van der Waals surface area contributed by atoms with Crippen LogP contribution in [0.2, 0.25) is 0 Å². The lowest BCUT2D eigenvalue weighted by molar-refractivity contribution is 0.0814. The van der Waals surface area contributed by atoms with Gasteiger partial charge < -0.3 is 5.11 Å². The molecule has 0 aliphatic carbocycles. The summed E-state index contributed by atoms with van der Waals surface area (Å²) in [5.74, 6) is 0.600. The largest absolute Gasteiger partial charge is 0.392 e. The van der Waals surface area contributed by atoms with Crippen molar-refractivity contribution >= 4 is 0 Å². The summed E-state index contributed by atoms with van der Waals surface area (Å²) < 4.78 is 0. The molecule has 10 heavy (non-hydrogen) atoms. The molecule has 0 rings (SSSR count). The Balaban J connectivity index is 3.80. The highest BCUT2D eigenvalue weighted by molar-refractivity contribution is 4.83.